The SMILES string of the molecule is CCC(C)C(NC(=O)OC(C)(C)C)C(=O)N(C1CCC1)C(C(=O)NC(Cc1ccccc1)C(=O)OC(C)(C)C)c1ccc(C)cc1. The Morgan fingerprint density at radius 2 is 1.46 bits per heavy atom. The zero-order valence-electron chi connectivity index (χ0n) is 29.0. The van der Waals surface area contributed by atoms with Crippen LogP contribution in [0.2, 0.25) is 0 Å². The lowest BCUT2D eigenvalue weighted by molar-refractivity contribution is -0.159. The van der Waals surface area contributed by atoms with Crippen molar-refractivity contribution in [1.29, 1.82) is 0 Å². The highest BCUT2D eigenvalue weighted by molar-refractivity contribution is 5.94. The summed E-state index contributed by atoms with van der Waals surface area (Å²) < 4.78 is 11.3. The van der Waals surface area contributed by atoms with Crippen molar-refractivity contribution in [1.82, 2.24) is 15.5 Å². The minimum Gasteiger partial charge on any atom is -0.458 e. The number of carbonyl (C=O) groups excluding carboxylic acids is 4. The molecule has 2 aromatic carbocycles. The summed E-state index contributed by atoms with van der Waals surface area (Å²) in [6.07, 6.45) is 2.50. The predicted octanol–water partition coefficient (Wildman–Crippen LogP) is 6.43. The van der Waals surface area contributed by atoms with Crippen LogP contribution >= 0.6 is 0 Å². The van der Waals surface area contributed by atoms with Crippen molar-refractivity contribution in [3.63, 3.8) is 0 Å². The van der Waals surface area contributed by atoms with Gasteiger partial charge in [-0.15, -0.1) is 0 Å². The molecule has 1 saturated carbocycles. The molecular formula is C37H53N3O6. The monoisotopic (exact) mass is 635 g/mol. The number of carbonyl (C=O) groups is 4. The van der Waals surface area contributed by atoms with Gasteiger partial charge in [0.1, 0.15) is 29.3 Å². The van der Waals surface area contributed by atoms with E-state index >= 15 is 0 Å². The number of esters is 1. The Labute approximate surface area is 274 Å². The first-order valence-corrected chi connectivity index (χ1v) is 16.4. The minimum atomic E-state index is -1.05. The van der Waals surface area contributed by atoms with Gasteiger partial charge in [0.2, 0.25) is 11.8 Å². The molecule has 4 atom stereocenters. The number of ether oxygens (including phenoxy) is 2. The molecule has 4 unspecified atom stereocenters. The minimum absolute atomic E-state index is 0.217. The summed E-state index contributed by atoms with van der Waals surface area (Å²) in [5.74, 6) is -1.64. The normalized spacial score (nSPS) is 16.2. The Bertz CT molecular complexity index is 1330. The number of benzene rings is 2. The standard InChI is InChI=1S/C37H53N3O6/c1-10-25(3)30(39-35(44)46-37(7,8)9)33(42)40(28-17-14-18-28)31(27-21-19-24(2)20-22-27)32(41)38-29(34(43)45-36(4,5)6)23-26-15-12-11-13-16-26/h11-13,15-16,19-22,25,28-31H,10,14,17-18,23H2,1-9H3,(H,38,41)(H,39,44). The third-order valence-electron chi connectivity index (χ3n) is 8.08. The van der Waals surface area contributed by atoms with Gasteiger partial charge in [0.25, 0.3) is 0 Å². The van der Waals surface area contributed by atoms with E-state index in [0.717, 1.165) is 30.4 Å². The van der Waals surface area contributed by atoms with Crippen molar-refractivity contribution in [2.75, 3.05) is 0 Å². The van der Waals surface area contributed by atoms with E-state index in [9.17, 15) is 19.2 Å². The van der Waals surface area contributed by atoms with Gasteiger partial charge < -0.3 is 25.0 Å². The molecular weight excluding hydrogens is 582 g/mol. The van der Waals surface area contributed by atoms with Crippen LogP contribution in [0.1, 0.15) is 104 Å². The predicted molar refractivity (Wildman–Crippen MR) is 179 cm³/mol. The summed E-state index contributed by atoms with van der Waals surface area (Å²) in [5, 5.41) is 5.80. The molecule has 3 amide bonds. The number of hydrogen-bond donors (Lipinski definition) is 2. The van der Waals surface area contributed by atoms with E-state index < -0.39 is 47.3 Å². The second kappa shape index (κ2) is 15.6. The lowest BCUT2D eigenvalue weighted by Gasteiger charge is -2.44. The van der Waals surface area contributed by atoms with Crippen molar-refractivity contribution in [2.24, 2.45) is 5.92 Å². The van der Waals surface area contributed by atoms with Crippen LogP contribution in [0.15, 0.2) is 54.6 Å². The highest BCUT2D eigenvalue weighted by atomic mass is 16.6. The van der Waals surface area contributed by atoms with Crippen LogP contribution in [0.4, 0.5) is 4.79 Å². The molecule has 252 valence electrons. The van der Waals surface area contributed by atoms with Crippen LogP contribution < -0.4 is 10.6 Å². The number of nitrogens with one attached hydrogen (secondary N) is 2. The zero-order chi connectivity index (χ0) is 34.2. The van der Waals surface area contributed by atoms with E-state index in [0.29, 0.717) is 12.0 Å². The van der Waals surface area contributed by atoms with Gasteiger partial charge in [-0.05, 0) is 84.8 Å². The molecule has 0 radical (unpaired) electrons. The third-order valence-corrected chi connectivity index (χ3v) is 8.08. The van der Waals surface area contributed by atoms with Gasteiger partial charge in [-0.25, -0.2) is 9.59 Å². The lowest BCUT2D eigenvalue weighted by Crippen LogP contribution is -2.60. The zero-order valence-corrected chi connectivity index (χ0v) is 29.0. The van der Waals surface area contributed by atoms with Gasteiger partial charge in [-0.1, -0.05) is 80.4 Å². The molecule has 0 aliphatic heterocycles. The maximum Gasteiger partial charge on any atom is 0.408 e. The van der Waals surface area contributed by atoms with Crippen molar-refractivity contribution < 1.29 is 28.7 Å². The van der Waals surface area contributed by atoms with E-state index in [1.54, 1.807) is 46.4 Å². The first kappa shape index (κ1) is 36.6. The molecule has 9 heteroatoms. The molecule has 0 heterocycles. The van der Waals surface area contributed by atoms with E-state index in [2.05, 4.69) is 10.6 Å². The molecule has 0 spiro atoms. The summed E-state index contributed by atoms with van der Waals surface area (Å²) in [5.41, 5.74) is 0.963. The second-order valence-corrected chi connectivity index (χ2v) is 14.4. The molecule has 1 aliphatic rings. The lowest BCUT2D eigenvalue weighted by atomic mass is 9.86. The van der Waals surface area contributed by atoms with Crippen LogP contribution in [0.5, 0.6) is 0 Å². The number of amides is 3. The molecule has 46 heavy (non-hydrogen) atoms. The summed E-state index contributed by atoms with van der Waals surface area (Å²) in [6.45, 7) is 16.5. The summed E-state index contributed by atoms with van der Waals surface area (Å²) >= 11 is 0. The smallest absolute Gasteiger partial charge is 0.408 e. The quantitative estimate of drug-likeness (QED) is 0.260. The molecule has 0 bridgehead atoms. The third kappa shape index (κ3) is 10.6. The maximum atomic E-state index is 14.6. The molecule has 1 aliphatic carbocycles. The fourth-order valence-corrected chi connectivity index (χ4v) is 5.31. The second-order valence-electron chi connectivity index (χ2n) is 14.4. The van der Waals surface area contributed by atoms with Crippen LogP contribution in [0, 0.1) is 12.8 Å². The van der Waals surface area contributed by atoms with Gasteiger partial charge in [-0.3, -0.25) is 9.59 Å². The van der Waals surface area contributed by atoms with Gasteiger partial charge in [0, 0.05) is 12.5 Å². The van der Waals surface area contributed by atoms with Crippen molar-refractivity contribution in [3.05, 3.63) is 71.3 Å². The van der Waals surface area contributed by atoms with E-state index in [1.165, 1.54) is 0 Å². The summed E-state index contributed by atoms with van der Waals surface area (Å²) in [7, 11) is 0. The molecule has 9 nitrogen and oxygen atoms in total. The van der Waals surface area contributed by atoms with Gasteiger partial charge >= 0.3 is 12.1 Å². The van der Waals surface area contributed by atoms with Crippen molar-refractivity contribution >= 4 is 23.9 Å². The molecule has 2 aromatic rings. The van der Waals surface area contributed by atoms with Gasteiger partial charge in [0.05, 0.1) is 0 Å². The van der Waals surface area contributed by atoms with E-state index in [-0.39, 0.29) is 24.3 Å². The number of rotatable bonds is 12. The fourth-order valence-electron chi connectivity index (χ4n) is 5.31. The Kier molecular flexibility index (Phi) is 12.4. The van der Waals surface area contributed by atoms with E-state index in [4.69, 9.17) is 9.47 Å². The Balaban J connectivity index is 2.06. The molecule has 2 N–H and O–H groups in total. The highest BCUT2D eigenvalue weighted by Crippen LogP contribution is 2.35. The fraction of sp³-hybridized carbons (Fsp3) is 0.568. The maximum absolute atomic E-state index is 14.6. The Hall–Kier alpha value is -3.88. The number of aryl methyl sites for hydroxylation is 1. The largest absolute Gasteiger partial charge is 0.458 e. The Morgan fingerprint density at radius 1 is 0.870 bits per heavy atom. The number of hydrogen-bond acceptors (Lipinski definition) is 6. The van der Waals surface area contributed by atoms with Crippen molar-refractivity contribution in [3.8, 4) is 0 Å². The Morgan fingerprint density at radius 3 is 1.96 bits per heavy atom. The molecule has 3 rings (SSSR count). The first-order valence-electron chi connectivity index (χ1n) is 16.4. The van der Waals surface area contributed by atoms with Crippen LogP contribution in [-0.2, 0) is 30.3 Å². The van der Waals surface area contributed by atoms with Crippen LogP contribution in [-0.4, -0.2) is 58.1 Å². The molecule has 1 fully saturated rings. The van der Waals surface area contributed by atoms with Crippen LogP contribution in [0.3, 0.4) is 0 Å². The number of nitrogens with zero attached hydrogens (tertiary/aromatic N) is 1. The average Bonchev–Trinajstić information content (AvgIpc) is 2.93. The number of alkyl carbamates (subject to hydrolysis) is 1. The highest BCUT2D eigenvalue weighted by Gasteiger charge is 2.44. The van der Waals surface area contributed by atoms with E-state index in [1.807, 2.05) is 75.4 Å². The first-order chi connectivity index (χ1) is 21.5. The topological polar surface area (TPSA) is 114 Å². The van der Waals surface area contributed by atoms with Gasteiger partial charge in [-0.2, -0.15) is 0 Å². The van der Waals surface area contributed by atoms with Crippen molar-refractivity contribution in [2.45, 2.75) is 130 Å². The summed E-state index contributed by atoms with van der Waals surface area (Å²) in [4.78, 5) is 57.3. The van der Waals surface area contributed by atoms with Gasteiger partial charge in [0.15, 0.2) is 0 Å². The average molecular weight is 636 g/mol. The summed E-state index contributed by atoms with van der Waals surface area (Å²) in [6, 6.07) is 13.7. The molecule has 0 saturated heterocycles. The van der Waals surface area contributed by atoms with Crippen LogP contribution in [0.25, 0.3) is 0 Å². The molecule has 0 aromatic heterocycles.